The fourth-order valence-corrected chi connectivity index (χ4v) is 10.6. The van der Waals surface area contributed by atoms with E-state index in [9.17, 15) is 0 Å². The molecule has 0 bridgehead atoms. The van der Waals surface area contributed by atoms with Gasteiger partial charge in [0.05, 0.1) is 33.8 Å². The minimum atomic E-state index is -1.80. The van der Waals surface area contributed by atoms with E-state index < -0.39 is 13.3 Å². The molecule has 0 saturated carbocycles. The average molecular weight is 957 g/mol. The minimum Gasteiger partial charge on any atom is -0.486 e. The molecule has 0 saturated heterocycles. The zero-order valence-corrected chi connectivity index (χ0v) is 36.3. The van der Waals surface area contributed by atoms with Crippen LogP contribution in [-0.2, 0) is 26.5 Å². The molecular formula is C47H41GeIrN5O-2. The van der Waals surface area contributed by atoms with Crippen molar-refractivity contribution >= 4 is 50.8 Å². The molecule has 0 aliphatic heterocycles. The quantitative estimate of drug-likeness (QED) is 0.123. The van der Waals surface area contributed by atoms with Crippen molar-refractivity contribution < 1.29 is 24.5 Å². The summed E-state index contributed by atoms with van der Waals surface area (Å²) in [4.78, 5) is 19.3. The van der Waals surface area contributed by atoms with Gasteiger partial charge in [0.25, 0.3) is 0 Å². The Labute approximate surface area is 338 Å². The van der Waals surface area contributed by atoms with Crippen molar-refractivity contribution in [2.45, 2.75) is 44.5 Å². The van der Waals surface area contributed by atoms with Crippen molar-refractivity contribution in [3.63, 3.8) is 0 Å². The summed E-state index contributed by atoms with van der Waals surface area (Å²) in [5, 5.41) is 1.96. The number of aryl methyl sites for hydroxylation is 3. The summed E-state index contributed by atoms with van der Waals surface area (Å²) < 4.78 is 10.1. The van der Waals surface area contributed by atoms with Gasteiger partial charge in [-0.25, -0.2) is 4.98 Å². The molecule has 6 nitrogen and oxygen atoms in total. The Kier molecular flexibility index (Phi) is 11.0. The summed E-state index contributed by atoms with van der Waals surface area (Å²) >= 11 is -1.80. The van der Waals surface area contributed by atoms with Crippen LogP contribution in [0.1, 0.15) is 23.9 Å². The molecule has 4 aromatic carbocycles. The summed E-state index contributed by atoms with van der Waals surface area (Å²) in [6.45, 7) is 6.25. The molecule has 5 aromatic heterocycles. The fourth-order valence-electron chi connectivity index (χ4n) is 7.15. The summed E-state index contributed by atoms with van der Waals surface area (Å²) in [6.07, 6.45) is 3.19. The predicted octanol–water partition coefficient (Wildman–Crippen LogP) is 11.1. The van der Waals surface area contributed by atoms with Crippen LogP contribution in [0.25, 0.3) is 72.7 Å². The second kappa shape index (κ2) is 15.9. The predicted molar refractivity (Wildman–Crippen MR) is 224 cm³/mol. The third kappa shape index (κ3) is 7.57. The number of nitrogens with zero attached hydrogens (tertiary/aromatic N) is 5. The molecule has 8 heteroatoms. The molecule has 0 aliphatic rings. The van der Waals surface area contributed by atoms with Crippen molar-refractivity contribution in [3.8, 4) is 39.6 Å². The van der Waals surface area contributed by atoms with Crippen LogP contribution in [0.2, 0.25) is 17.3 Å². The Morgan fingerprint density at radius 2 is 1.47 bits per heavy atom. The van der Waals surface area contributed by atoms with E-state index in [4.69, 9.17) is 19.4 Å². The Balaban J connectivity index is 0.000000208. The molecule has 0 fully saturated rings. The van der Waals surface area contributed by atoms with Gasteiger partial charge in [0.1, 0.15) is 0 Å². The molecule has 0 N–H and O–H groups in total. The molecule has 275 valence electrons. The van der Waals surface area contributed by atoms with E-state index >= 15 is 0 Å². The van der Waals surface area contributed by atoms with Gasteiger partial charge in [-0.15, -0.1) is 18.2 Å². The average Bonchev–Trinajstić information content (AvgIpc) is 3.77. The molecule has 5 heterocycles. The van der Waals surface area contributed by atoms with E-state index in [-0.39, 0.29) is 20.1 Å². The monoisotopic (exact) mass is 958 g/mol. The van der Waals surface area contributed by atoms with Gasteiger partial charge in [0.15, 0.2) is 0 Å². The number of hydrogen-bond acceptors (Lipinski definition) is 5. The second-order valence-electron chi connectivity index (χ2n) is 14.5. The zero-order chi connectivity index (χ0) is 37.4. The van der Waals surface area contributed by atoms with Gasteiger partial charge in [-0.3, -0.25) is 9.97 Å². The number of furan rings is 1. The molecular weight excluding hydrogens is 915 g/mol. The first kappa shape index (κ1) is 38.1. The fraction of sp³-hybridized carbons (Fsp3) is 0.149. The summed E-state index contributed by atoms with van der Waals surface area (Å²) in [5.74, 6) is 8.03. The standard InChI is InChI=1S/C31H21N4O.C16H20GeN.Ir/c1-19-18-27-28(20(2)32-19)35(22-12-7-4-8-13-22)30(33-27)25-15-9-14-23-24-16-17-26(21-10-5-3-6-11-21)34-31(24)36-29(23)25;1-5-13-11-16(14-9-7-6-8-10-14)18-12-15(13)17(2,3)4;/h3-14,16-18H,1-2H3;6-9,11-12H,5H2,1-4H3;/q2*-1;. The topological polar surface area (TPSA) is 69.6 Å². The van der Waals surface area contributed by atoms with Gasteiger partial charge < -0.3 is 8.98 Å². The number of imidazole rings is 1. The van der Waals surface area contributed by atoms with Crippen LogP contribution in [0.4, 0.5) is 0 Å². The van der Waals surface area contributed by atoms with Crippen LogP contribution in [-0.4, -0.2) is 37.8 Å². The Morgan fingerprint density at radius 3 is 2.18 bits per heavy atom. The van der Waals surface area contributed by atoms with Gasteiger partial charge in [-0.05, 0) is 44.2 Å². The number of fused-ring (bicyclic) bond motifs is 4. The number of hydrogen-bond donors (Lipinski definition) is 0. The van der Waals surface area contributed by atoms with Crippen LogP contribution in [0.5, 0.6) is 0 Å². The number of aromatic nitrogens is 5. The van der Waals surface area contributed by atoms with Crippen molar-refractivity contribution in [1.29, 1.82) is 0 Å². The molecule has 0 atom stereocenters. The largest absolute Gasteiger partial charge is 0.486 e. The van der Waals surface area contributed by atoms with E-state index in [0.29, 0.717) is 5.71 Å². The molecule has 55 heavy (non-hydrogen) atoms. The van der Waals surface area contributed by atoms with Crippen molar-refractivity contribution in [1.82, 2.24) is 24.5 Å². The van der Waals surface area contributed by atoms with Gasteiger partial charge in [-0.1, -0.05) is 59.5 Å². The van der Waals surface area contributed by atoms with E-state index in [1.54, 1.807) is 0 Å². The maximum atomic E-state index is 6.43. The number of pyridine rings is 3. The number of benzene rings is 4. The molecule has 9 aromatic rings. The van der Waals surface area contributed by atoms with Gasteiger partial charge in [0, 0.05) is 42.4 Å². The Morgan fingerprint density at radius 1 is 0.727 bits per heavy atom. The number of rotatable bonds is 6. The SMILES string of the molecule is CCc1cc(-c2[c-]cccc2)nc[c]1[Ge]([CH3])([CH3])[CH3].Cc1cc2nc(-c3[c-]ccc4c3oc3nc(-c5ccccc5)ccc34)n(-c3ccccc3)c2c(C)n1.[Ir]. The first-order valence-electron chi connectivity index (χ1n) is 18.4. The normalized spacial score (nSPS) is 11.4. The van der Waals surface area contributed by atoms with Crippen LogP contribution < -0.4 is 4.40 Å². The summed E-state index contributed by atoms with van der Waals surface area (Å²) in [6, 6.07) is 47.4. The van der Waals surface area contributed by atoms with Crippen molar-refractivity contribution in [2.75, 3.05) is 0 Å². The van der Waals surface area contributed by atoms with E-state index in [2.05, 4.69) is 94.5 Å². The molecule has 0 spiro atoms. The maximum Gasteiger partial charge on any atom is 0.216 e. The Bertz CT molecular complexity index is 2760. The second-order valence-corrected chi connectivity index (χ2v) is 25.1. The zero-order valence-electron chi connectivity index (χ0n) is 31.8. The molecule has 0 unspecified atom stereocenters. The Hall–Kier alpha value is -5.21. The molecule has 0 amide bonds. The van der Waals surface area contributed by atoms with E-state index in [1.807, 2.05) is 92.7 Å². The van der Waals surface area contributed by atoms with Crippen LogP contribution in [0.3, 0.4) is 0 Å². The molecule has 0 aliphatic carbocycles. The van der Waals surface area contributed by atoms with Gasteiger partial charge in [0.2, 0.25) is 5.71 Å². The van der Waals surface area contributed by atoms with Crippen LogP contribution >= 0.6 is 0 Å². The van der Waals surface area contributed by atoms with Gasteiger partial charge in [-0.2, -0.15) is 0 Å². The van der Waals surface area contributed by atoms with Crippen molar-refractivity contribution in [2.24, 2.45) is 0 Å². The van der Waals surface area contributed by atoms with Crippen LogP contribution in [0, 0.1) is 26.0 Å². The number of para-hydroxylation sites is 1. The van der Waals surface area contributed by atoms with E-state index in [0.717, 1.165) is 84.8 Å². The first-order chi connectivity index (χ1) is 26.2. The summed E-state index contributed by atoms with van der Waals surface area (Å²) in [5.41, 5.74) is 12.4. The van der Waals surface area contributed by atoms with Crippen LogP contribution in [0.15, 0.2) is 132 Å². The third-order valence-electron chi connectivity index (χ3n) is 9.71. The summed E-state index contributed by atoms with van der Waals surface area (Å²) in [7, 11) is 0. The molecule has 9 rings (SSSR count). The van der Waals surface area contributed by atoms with Gasteiger partial charge >= 0.3 is 113 Å². The maximum absolute atomic E-state index is 6.43. The first-order valence-corrected chi connectivity index (χ1v) is 25.7. The molecule has 1 radical (unpaired) electrons. The van der Waals surface area contributed by atoms with Crippen molar-refractivity contribution in [3.05, 3.63) is 157 Å². The van der Waals surface area contributed by atoms with E-state index in [1.165, 1.54) is 9.96 Å². The smallest absolute Gasteiger partial charge is 0.216 e. The minimum absolute atomic E-state index is 0. The third-order valence-corrected chi connectivity index (χ3v) is 14.0.